The Morgan fingerprint density at radius 2 is 1.70 bits per heavy atom. The van der Waals surface area contributed by atoms with Crippen molar-refractivity contribution in [3.05, 3.63) is 99.5 Å². The first kappa shape index (κ1) is 26.9. The number of carbonyl (C=O) groups excluding carboxylic acids is 1. The van der Waals surface area contributed by atoms with E-state index in [-0.39, 0.29) is 22.7 Å². The highest BCUT2D eigenvalue weighted by Gasteiger charge is 2.35. The van der Waals surface area contributed by atoms with Gasteiger partial charge in [-0.25, -0.2) is 0 Å². The third-order valence-corrected chi connectivity index (χ3v) is 6.81. The van der Waals surface area contributed by atoms with Gasteiger partial charge in [0.2, 0.25) is 0 Å². The third-order valence-electron chi connectivity index (χ3n) is 6.26. The van der Waals surface area contributed by atoms with E-state index in [0.29, 0.717) is 34.8 Å². The van der Waals surface area contributed by atoms with Gasteiger partial charge in [-0.3, -0.25) is 9.79 Å². The summed E-state index contributed by atoms with van der Waals surface area (Å²) in [5.41, 5.74) is 0.788. The average Bonchev–Trinajstić information content (AvgIpc) is 3.32. The fourth-order valence-corrected chi connectivity index (χ4v) is 4.77. The van der Waals surface area contributed by atoms with Crippen LogP contribution in [-0.2, 0) is 6.42 Å². The predicted octanol–water partition coefficient (Wildman–Crippen LogP) is 7.93. The molecule has 1 saturated heterocycles. The molecule has 0 aromatic heterocycles. The molecule has 1 amide bonds. The molecule has 3 aromatic carbocycles. The maximum absolute atomic E-state index is 13.3. The first-order valence-electron chi connectivity index (χ1n) is 11.7. The van der Waals surface area contributed by atoms with E-state index >= 15 is 0 Å². The Bertz CT molecular complexity index is 1320. The second-order valence-corrected chi connectivity index (χ2v) is 9.71. The molecule has 0 saturated carbocycles. The summed E-state index contributed by atoms with van der Waals surface area (Å²) in [5, 5.41) is 8.42. The molecule has 0 spiro atoms. The average molecular weight is 546 g/mol. The second kappa shape index (κ2) is 11.5. The minimum absolute atomic E-state index is 0.0365. The standard InChI is InChI=1S/C28H24Cl2F3N3O/c29-21-6-3-5-18(15-21)16-22-7-4-14-36(22)27(37)20-12-10-19(11-13-20)25(17-26(34)28(31,32)33)35-24-9-2-1-8-23(24)30/h1-3,5-6,8-13,15,22,34H,4,7,14,16-17H2. The highest BCUT2D eigenvalue weighted by molar-refractivity contribution is 6.33. The molecule has 1 N–H and O–H groups in total. The lowest BCUT2D eigenvalue weighted by Gasteiger charge is -2.25. The van der Waals surface area contributed by atoms with Crippen LogP contribution in [0.1, 0.15) is 40.7 Å². The summed E-state index contributed by atoms with van der Waals surface area (Å²) in [6, 6.07) is 20.5. The van der Waals surface area contributed by atoms with Crippen molar-refractivity contribution in [3.63, 3.8) is 0 Å². The fraction of sp³-hybridized carbons (Fsp3) is 0.250. The normalized spacial score (nSPS) is 16.2. The molecule has 0 bridgehead atoms. The number of nitrogens with one attached hydrogen (secondary N) is 1. The number of hydrogen-bond donors (Lipinski definition) is 1. The highest BCUT2D eigenvalue weighted by atomic mass is 35.5. The minimum atomic E-state index is -4.77. The zero-order valence-corrected chi connectivity index (χ0v) is 21.2. The highest BCUT2D eigenvalue weighted by Crippen LogP contribution is 2.28. The lowest BCUT2D eigenvalue weighted by Crippen LogP contribution is -2.36. The second-order valence-electron chi connectivity index (χ2n) is 8.87. The molecule has 37 heavy (non-hydrogen) atoms. The number of carbonyl (C=O) groups is 1. The Kier molecular flexibility index (Phi) is 8.35. The first-order chi connectivity index (χ1) is 17.6. The Morgan fingerprint density at radius 3 is 2.38 bits per heavy atom. The van der Waals surface area contributed by atoms with Gasteiger partial charge < -0.3 is 10.3 Å². The van der Waals surface area contributed by atoms with Crippen molar-refractivity contribution < 1.29 is 18.0 Å². The van der Waals surface area contributed by atoms with Crippen molar-refractivity contribution in [3.8, 4) is 0 Å². The van der Waals surface area contributed by atoms with E-state index in [0.717, 1.165) is 18.4 Å². The number of likely N-dealkylation sites (tertiary alicyclic amines) is 1. The molecule has 1 unspecified atom stereocenters. The van der Waals surface area contributed by atoms with Crippen molar-refractivity contribution in [2.75, 3.05) is 6.54 Å². The van der Waals surface area contributed by atoms with Crippen molar-refractivity contribution in [1.82, 2.24) is 4.90 Å². The summed E-state index contributed by atoms with van der Waals surface area (Å²) in [6.45, 7) is 0.633. The number of para-hydroxylation sites is 1. The summed E-state index contributed by atoms with van der Waals surface area (Å²) < 4.78 is 39.4. The van der Waals surface area contributed by atoms with E-state index in [2.05, 4.69) is 4.99 Å². The molecule has 1 aliphatic rings. The molecule has 0 aliphatic carbocycles. The number of rotatable bonds is 7. The number of hydrogen-bond acceptors (Lipinski definition) is 3. The summed E-state index contributed by atoms with van der Waals surface area (Å²) in [6.07, 6.45) is -3.03. The third kappa shape index (κ3) is 6.79. The van der Waals surface area contributed by atoms with E-state index in [1.54, 1.807) is 48.5 Å². The quantitative estimate of drug-likeness (QED) is 0.301. The van der Waals surface area contributed by atoms with Gasteiger partial charge in [-0.1, -0.05) is 59.6 Å². The maximum atomic E-state index is 13.3. The van der Waals surface area contributed by atoms with Gasteiger partial charge >= 0.3 is 6.18 Å². The van der Waals surface area contributed by atoms with Crippen LogP contribution in [0.3, 0.4) is 0 Å². The van der Waals surface area contributed by atoms with Gasteiger partial charge in [0.25, 0.3) is 5.91 Å². The zero-order valence-electron chi connectivity index (χ0n) is 19.7. The molecule has 3 aromatic rings. The Balaban J connectivity index is 1.57. The Morgan fingerprint density at radius 1 is 1.00 bits per heavy atom. The molecule has 1 fully saturated rings. The SMILES string of the molecule is N=C(CC(=Nc1ccccc1Cl)c1ccc(C(=O)N2CCCC2Cc2cccc(Cl)c2)cc1)C(F)(F)F. The molecule has 4 rings (SSSR count). The topological polar surface area (TPSA) is 56.5 Å². The molecule has 1 heterocycles. The molecule has 0 radical (unpaired) electrons. The number of nitrogens with zero attached hydrogens (tertiary/aromatic N) is 2. The summed E-state index contributed by atoms with van der Waals surface area (Å²) in [5.74, 6) is -0.135. The van der Waals surface area contributed by atoms with Crippen molar-refractivity contribution in [2.45, 2.75) is 37.9 Å². The molecule has 1 aliphatic heterocycles. The number of halogens is 5. The van der Waals surface area contributed by atoms with Crippen molar-refractivity contribution in [1.29, 1.82) is 5.41 Å². The number of benzene rings is 3. The van der Waals surface area contributed by atoms with Gasteiger partial charge in [-0.2, -0.15) is 13.2 Å². The van der Waals surface area contributed by atoms with E-state index in [4.69, 9.17) is 28.6 Å². The minimum Gasteiger partial charge on any atom is -0.335 e. The number of aliphatic imine (C=N–C) groups is 1. The van der Waals surface area contributed by atoms with Crippen LogP contribution in [0.5, 0.6) is 0 Å². The smallest absolute Gasteiger partial charge is 0.335 e. The first-order valence-corrected chi connectivity index (χ1v) is 12.5. The van der Waals surface area contributed by atoms with Crippen LogP contribution in [0.15, 0.2) is 77.8 Å². The van der Waals surface area contributed by atoms with E-state index in [9.17, 15) is 18.0 Å². The molecular formula is C28H24Cl2F3N3O. The van der Waals surface area contributed by atoms with Crippen LogP contribution >= 0.6 is 23.2 Å². The fourth-order valence-electron chi connectivity index (χ4n) is 4.38. The monoisotopic (exact) mass is 545 g/mol. The van der Waals surface area contributed by atoms with Gasteiger partial charge in [0.05, 0.1) is 16.4 Å². The van der Waals surface area contributed by atoms with E-state index in [1.165, 1.54) is 0 Å². The Hall–Kier alpha value is -3.16. The van der Waals surface area contributed by atoms with Gasteiger partial charge in [-0.15, -0.1) is 0 Å². The Labute approximate surface area is 223 Å². The van der Waals surface area contributed by atoms with E-state index in [1.807, 2.05) is 29.2 Å². The van der Waals surface area contributed by atoms with Crippen LogP contribution in [0, 0.1) is 5.41 Å². The summed E-state index contributed by atoms with van der Waals surface area (Å²) >= 11 is 12.3. The lowest BCUT2D eigenvalue weighted by molar-refractivity contribution is -0.0605. The van der Waals surface area contributed by atoms with Gasteiger partial charge in [0.15, 0.2) is 0 Å². The molecule has 4 nitrogen and oxygen atoms in total. The van der Waals surface area contributed by atoms with Crippen LogP contribution in [0.4, 0.5) is 18.9 Å². The molecule has 1 atom stereocenters. The van der Waals surface area contributed by atoms with Crippen molar-refractivity contribution >= 4 is 46.2 Å². The van der Waals surface area contributed by atoms with Gasteiger partial charge in [-0.05, 0) is 66.8 Å². The largest absolute Gasteiger partial charge is 0.429 e. The van der Waals surface area contributed by atoms with E-state index < -0.39 is 18.3 Å². The van der Waals surface area contributed by atoms with Crippen LogP contribution in [-0.4, -0.2) is 41.0 Å². The van der Waals surface area contributed by atoms with Crippen LogP contribution in [0.25, 0.3) is 0 Å². The number of alkyl halides is 3. The summed E-state index contributed by atoms with van der Waals surface area (Å²) in [7, 11) is 0. The maximum Gasteiger partial charge on any atom is 0.429 e. The number of amides is 1. The van der Waals surface area contributed by atoms with Crippen molar-refractivity contribution in [2.24, 2.45) is 4.99 Å². The molecule has 192 valence electrons. The lowest BCUT2D eigenvalue weighted by atomic mass is 10.0. The predicted molar refractivity (Wildman–Crippen MR) is 142 cm³/mol. The summed E-state index contributed by atoms with van der Waals surface area (Å²) in [4.78, 5) is 19.5. The zero-order chi connectivity index (χ0) is 26.6. The van der Waals surface area contributed by atoms with Crippen LogP contribution < -0.4 is 0 Å². The molecule has 9 heteroatoms. The van der Waals surface area contributed by atoms with Crippen LogP contribution in [0.2, 0.25) is 10.0 Å². The van der Waals surface area contributed by atoms with Gasteiger partial charge in [0, 0.05) is 29.6 Å². The molecular weight excluding hydrogens is 522 g/mol. The van der Waals surface area contributed by atoms with Gasteiger partial charge in [0.1, 0.15) is 5.71 Å².